The van der Waals surface area contributed by atoms with E-state index in [1.54, 1.807) is 6.07 Å². The van der Waals surface area contributed by atoms with E-state index in [0.29, 0.717) is 12.0 Å². The van der Waals surface area contributed by atoms with Crippen molar-refractivity contribution < 1.29 is 27.9 Å². The Morgan fingerprint density at radius 3 is 2.42 bits per heavy atom. The summed E-state index contributed by atoms with van der Waals surface area (Å²) in [5.74, 6) is -3.52. The van der Waals surface area contributed by atoms with Gasteiger partial charge in [0.1, 0.15) is 12.6 Å². The molecule has 0 spiro atoms. The van der Waals surface area contributed by atoms with Crippen molar-refractivity contribution in [1.82, 2.24) is 9.80 Å². The van der Waals surface area contributed by atoms with E-state index in [9.17, 15) is 23.2 Å². The number of carbonyl (C=O) groups excluding carboxylic acids is 3. The first-order chi connectivity index (χ1) is 17.9. The number of primary amides is 1. The van der Waals surface area contributed by atoms with Crippen LogP contribution in [0.25, 0.3) is 0 Å². The van der Waals surface area contributed by atoms with Crippen LogP contribution >= 0.6 is 0 Å². The van der Waals surface area contributed by atoms with Gasteiger partial charge in [-0.2, -0.15) is 0 Å². The fraction of sp³-hybridized carbons (Fsp3) is 0.679. The maximum Gasteiger partial charge on any atom is 0.249 e. The molecule has 3 fully saturated rings. The summed E-state index contributed by atoms with van der Waals surface area (Å²) in [7, 11) is 0. The Kier molecular flexibility index (Phi) is 8.42. The van der Waals surface area contributed by atoms with E-state index in [1.165, 1.54) is 4.90 Å². The van der Waals surface area contributed by atoms with Crippen LogP contribution in [0.15, 0.2) is 18.2 Å². The van der Waals surface area contributed by atoms with E-state index in [0.717, 1.165) is 44.8 Å². The number of alkyl halides is 2. The van der Waals surface area contributed by atoms with Gasteiger partial charge in [0.2, 0.25) is 18.2 Å². The minimum Gasteiger partial charge on any atom is -0.369 e. The summed E-state index contributed by atoms with van der Waals surface area (Å²) in [5.41, 5.74) is 7.02. The van der Waals surface area contributed by atoms with E-state index >= 15 is 0 Å². The van der Waals surface area contributed by atoms with Crippen LogP contribution in [0.2, 0.25) is 0 Å². The van der Waals surface area contributed by atoms with Gasteiger partial charge in [-0.1, -0.05) is 27.7 Å². The van der Waals surface area contributed by atoms with E-state index in [4.69, 9.17) is 10.5 Å². The van der Waals surface area contributed by atoms with Gasteiger partial charge in [-0.25, -0.2) is 8.78 Å². The van der Waals surface area contributed by atoms with Crippen LogP contribution < -0.4 is 10.6 Å². The Morgan fingerprint density at radius 2 is 1.84 bits per heavy atom. The van der Waals surface area contributed by atoms with Gasteiger partial charge < -0.3 is 20.3 Å². The maximum atomic E-state index is 14.2. The Labute approximate surface area is 223 Å². The van der Waals surface area contributed by atoms with Crippen molar-refractivity contribution in [2.24, 2.45) is 17.1 Å². The lowest BCUT2D eigenvalue weighted by atomic mass is 9.79. The first-order valence-electron chi connectivity index (χ1n) is 13.5. The predicted molar refractivity (Wildman–Crippen MR) is 140 cm³/mol. The molecule has 0 unspecified atom stereocenters. The summed E-state index contributed by atoms with van der Waals surface area (Å²) >= 11 is 0. The number of rotatable bonds is 8. The summed E-state index contributed by atoms with van der Waals surface area (Å²) in [6, 6.07) is 4.34. The van der Waals surface area contributed by atoms with Crippen molar-refractivity contribution in [3.63, 3.8) is 0 Å². The summed E-state index contributed by atoms with van der Waals surface area (Å²) in [6.45, 7) is 12.0. The van der Waals surface area contributed by atoms with Crippen LogP contribution in [0.5, 0.6) is 0 Å². The SMILES string of the molecule is CCCN1CCN(c2ccc(C(N)=O)c([C@H](CC(C)(C)C)C(=O)N3C[C@@H](C(F)F)[C@H]4OCC(=O)[C@H]43)c2)CC1. The molecule has 0 aliphatic carbocycles. The number of carbonyl (C=O) groups is 3. The van der Waals surface area contributed by atoms with Gasteiger partial charge in [0.15, 0.2) is 5.78 Å². The van der Waals surface area contributed by atoms with Crippen molar-refractivity contribution in [2.75, 3.05) is 50.8 Å². The number of nitrogens with zero attached hydrogens (tertiary/aromatic N) is 3. The summed E-state index contributed by atoms with van der Waals surface area (Å²) in [5, 5.41) is 0. The van der Waals surface area contributed by atoms with E-state index in [2.05, 4.69) is 16.7 Å². The van der Waals surface area contributed by atoms with Gasteiger partial charge in [0, 0.05) is 44.0 Å². The molecule has 2 amide bonds. The van der Waals surface area contributed by atoms with Crippen molar-refractivity contribution in [1.29, 1.82) is 0 Å². The fourth-order valence-electron chi connectivity index (χ4n) is 6.09. The van der Waals surface area contributed by atoms with Gasteiger partial charge in [-0.05, 0) is 48.6 Å². The first-order valence-corrected chi connectivity index (χ1v) is 13.5. The van der Waals surface area contributed by atoms with Crippen LogP contribution in [-0.4, -0.2) is 91.8 Å². The number of likely N-dealkylation sites (tertiary alicyclic amines) is 1. The van der Waals surface area contributed by atoms with Crippen LogP contribution in [0.4, 0.5) is 14.5 Å². The van der Waals surface area contributed by atoms with Crippen molar-refractivity contribution >= 4 is 23.3 Å². The molecule has 8 nitrogen and oxygen atoms in total. The number of hydrogen-bond donors (Lipinski definition) is 1. The molecule has 3 aliphatic rings. The molecule has 10 heteroatoms. The number of hydrogen-bond acceptors (Lipinski definition) is 6. The zero-order valence-corrected chi connectivity index (χ0v) is 22.8. The second-order valence-corrected chi connectivity index (χ2v) is 12.0. The highest BCUT2D eigenvalue weighted by Crippen LogP contribution is 2.41. The molecule has 4 atom stereocenters. The summed E-state index contributed by atoms with van der Waals surface area (Å²) in [4.78, 5) is 45.2. The minimum atomic E-state index is -2.72. The zero-order chi connectivity index (χ0) is 27.8. The summed E-state index contributed by atoms with van der Waals surface area (Å²) < 4.78 is 33.1. The highest BCUT2D eigenvalue weighted by Gasteiger charge is 2.56. The molecule has 2 N–H and O–H groups in total. The number of piperazine rings is 1. The minimum absolute atomic E-state index is 0.233. The molecule has 1 aromatic carbocycles. The number of benzene rings is 1. The molecule has 1 aromatic rings. The maximum absolute atomic E-state index is 14.2. The molecule has 3 saturated heterocycles. The largest absolute Gasteiger partial charge is 0.369 e. The van der Waals surface area contributed by atoms with Crippen LogP contribution in [0, 0.1) is 11.3 Å². The van der Waals surface area contributed by atoms with Crippen molar-refractivity contribution in [3.05, 3.63) is 29.3 Å². The van der Waals surface area contributed by atoms with Gasteiger partial charge in [0.05, 0.1) is 17.9 Å². The molecule has 38 heavy (non-hydrogen) atoms. The third kappa shape index (κ3) is 5.86. The lowest BCUT2D eigenvalue weighted by Crippen LogP contribution is -2.46. The molecule has 3 aliphatic heterocycles. The Balaban J connectivity index is 1.71. The molecule has 3 heterocycles. The quantitative estimate of drug-likeness (QED) is 0.551. The average molecular weight is 535 g/mol. The number of anilines is 1. The molecular formula is C28H40F2N4O4. The third-order valence-corrected chi connectivity index (χ3v) is 7.90. The van der Waals surface area contributed by atoms with Gasteiger partial charge in [-0.15, -0.1) is 0 Å². The van der Waals surface area contributed by atoms with E-state index < -0.39 is 42.2 Å². The van der Waals surface area contributed by atoms with Crippen molar-refractivity contribution in [2.45, 2.75) is 65.0 Å². The number of amides is 2. The van der Waals surface area contributed by atoms with Crippen LogP contribution in [0.3, 0.4) is 0 Å². The normalized spacial score (nSPS) is 25.2. The highest BCUT2D eigenvalue weighted by molar-refractivity contribution is 5.99. The molecule has 4 rings (SSSR count). The average Bonchev–Trinajstić information content (AvgIpc) is 3.42. The lowest BCUT2D eigenvalue weighted by molar-refractivity contribution is -0.138. The van der Waals surface area contributed by atoms with Gasteiger partial charge in [0.25, 0.3) is 0 Å². The second-order valence-electron chi connectivity index (χ2n) is 12.0. The standard InChI is InChI=1S/C28H40F2N4O4/c1-5-8-32-9-11-33(12-10-32)17-6-7-18(26(31)36)19(13-17)20(14-28(2,3)4)27(37)34-15-21(25(29)30)24-23(34)22(35)16-38-24/h6-7,13,20-21,23-25H,5,8-12,14-16H2,1-4H3,(H2,31,36)/t20-,21+,23+,24+/m0/s1. The first kappa shape index (κ1) is 28.4. The number of ketones is 1. The smallest absolute Gasteiger partial charge is 0.249 e. The van der Waals surface area contributed by atoms with E-state index in [-0.39, 0.29) is 29.9 Å². The molecule has 0 bridgehead atoms. The molecule has 210 valence electrons. The number of nitrogens with two attached hydrogens (primary N) is 1. The predicted octanol–water partition coefficient (Wildman–Crippen LogP) is 2.90. The molecule has 0 radical (unpaired) electrons. The fourth-order valence-corrected chi connectivity index (χ4v) is 6.09. The van der Waals surface area contributed by atoms with Gasteiger partial charge >= 0.3 is 0 Å². The van der Waals surface area contributed by atoms with Crippen molar-refractivity contribution in [3.8, 4) is 0 Å². The number of ether oxygens (including phenoxy) is 1. The Morgan fingerprint density at radius 1 is 1.16 bits per heavy atom. The zero-order valence-electron chi connectivity index (χ0n) is 22.8. The highest BCUT2D eigenvalue weighted by atomic mass is 19.3. The molecule has 0 saturated carbocycles. The number of halogens is 2. The van der Waals surface area contributed by atoms with E-state index in [1.807, 2.05) is 32.9 Å². The molecule has 0 aromatic heterocycles. The molecular weight excluding hydrogens is 494 g/mol. The Bertz CT molecular complexity index is 1050. The third-order valence-electron chi connectivity index (χ3n) is 7.90. The van der Waals surface area contributed by atoms with Crippen LogP contribution in [0.1, 0.15) is 62.4 Å². The lowest BCUT2D eigenvalue weighted by Gasteiger charge is -2.37. The van der Waals surface area contributed by atoms with Gasteiger partial charge in [-0.3, -0.25) is 19.3 Å². The number of Topliss-reactive ketones (excluding diaryl/α,β-unsaturated/α-hetero) is 1. The Hall–Kier alpha value is -2.59. The number of fused-ring (bicyclic) bond motifs is 1. The topological polar surface area (TPSA) is 96.2 Å². The van der Waals surface area contributed by atoms with Crippen LogP contribution in [-0.2, 0) is 14.3 Å². The monoisotopic (exact) mass is 534 g/mol. The second kappa shape index (κ2) is 11.3. The summed E-state index contributed by atoms with van der Waals surface area (Å²) in [6.07, 6.45) is -2.29.